The lowest BCUT2D eigenvalue weighted by atomic mass is 10.1. The largest absolute Gasteiger partial charge is 0.306 e. The van der Waals surface area contributed by atoms with E-state index in [1.165, 1.54) is 38.5 Å². The molecular formula is C17H26ClN. The molecule has 0 saturated heterocycles. The number of benzene rings is 1. The van der Waals surface area contributed by atoms with Gasteiger partial charge in [0.05, 0.1) is 6.54 Å². The number of hydrogen-bond acceptors (Lipinski definition) is 1. The molecule has 0 bridgehead atoms. The highest BCUT2D eigenvalue weighted by Crippen LogP contribution is 2.03. The van der Waals surface area contributed by atoms with Gasteiger partial charge in [-0.2, -0.15) is 0 Å². The van der Waals surface area contributed by atoms with Crippen LogP contribution in [0.15, 0.2) is 30.3 Å². The van der Waals surface area contributed by atoms with Gasteiger partial charge in [-0.25, -0.2) is 0 Å². The first kappa shape index (κ1) is 18.0. The summed E-state index contributed by atoms with van der Waals surface area (Å²) in [5, 5.41) is 3.37. The van der Waals surface area contributed by atoms with Gasteiger partial charge in [-0.1, -0.05) is 69.1 Å². The molecule has 0 aliphatic carbocycles. The minimum atomic E-state index is 0. The third kappa shape index (κ3) is 10.6. The van der Waals surface area contributed by atoms with Crippen molar-refractivity contribution in [3.05, 3.63) is 35.9 Å². The van der Waals surface area contributed by atoms with Crippen LogP contribution in [0.3, 0.4) is 0 Å². The van der Waals surface area contributed by atoms with E-state index < -0.39 is 0 Å². The Kier molecular flexibility index (Phi) is 12.8. The zero-order chi connectivity index (χ0) is 12.9. The van der Waals surface area contributed by atoms with Crippen LogP contribution < -0.4 is 5.32 Å². The second kappa shape index (κ2) is 13.5. The number of halogens is 1. The molecule has 2 heteroatoms. The van der Waals surface area contributed by atoms with Crippen LogP contribution in [0, 0.1) is 11.8 Å². The molecule has 0 fully saturated rings. The van der Waals surface area contributed by atoms with E-state index in [0.29, 0.717) is 0 Å². The highest BCUT2D eigenvalue weighted by molar-refractivity contribution is 5.85. The molecule has 1 rings (SSSR count). The molecule has 1 N–H and O–H groups in total. The number of nitrogens with one attached hydrogen (secondary N) is 1. The molecule has 0 heterocycles. The molecule has 0 radical (unpaired) electrons. The highest BCUT2D eigenvalue weighted by Gasteiger charge is 1.89. The van der Waals surface area contributed by atoms with Crippen molar-refractivity contribution >= 4 is 12.4 Å². The predicted octanol–water partition coefficient (Wildman–Crippen LogP) is 4.41. The van der Waals surface area contributed by atoms with Crippen molar-refractivity contribution in [2.45, 2.75) is 45.4 Å². The standard InChI is InChI=1S/C17H25N.ClH/c1-2-3-4-5-6-10-15-18-16-11-14-17-12-8-7-9-13-17;/h7-9,12-13,18H,2-6,10,15-16H2,1H3;1H. The van der Waals surface area contributed by atoms with Crippen molar-refractivity contribution in [1.82, 2.24) is 5.32 Å². The van der Waals surface area contributed by atoms with Crippen molar-refractivity contribution in [1.29, 1.82) is 0 Å². The van der Waals surface area contributed by atoms with E-state index >= 15 is 0 Å². The Bertz CT molecular complexity index is 351. The highest BCUT2D eigenvalue weighted by atomic mass is 35.5. The normalized spacial score (nSPS) is 9.32. The van der Waals surface area contributed by atoms with Gasteiger partial charge in [-0.15, -0.1) is 12.4 Å². The van der Waals surface area contributed by atoms with Crippen LogP contribution in [-0.4, -0.2) is 13.1 Å². The van der Waals surface area contributed by atoms with Gasteiger partial charge >= 0.3 is 0 Å². The Morgan fingerprint density at radius 1 is 0.947 bits per heavy atom. The summed E-state index contributed by atoms with van der Waals surface area (Å²) >= 11 is 0. The van der Waals surface area contributed by atoms with Crippen LogP contribution in [0.5, 0.6) is 0 Å². The molecule has 1 nitrogen and oxygen atoms in total. The van der Waals surface area contributed by atoms with Crippen LogP contribution in [-0.2, 0) is 0 Å². The quantitative estimate of drug-likeness (QED) is 0.549. The van der Waals surface area contributed by atoms with Gasteiger partial charge in [0.2, 0.25) is 0 Å². The zero-order valence-electron chi connectivity index (χ0n) is 12.0. The van der Waals surface area contributed by atoms with Crippen LogP contribution >= 0.6 is 12.4 Å². The average Bonchev–Trinajstić information content (AvgIpc) is 2.42. The fourth-order valence-electron chi connectivity index (χ4n) is 1.85. The fourth-order valence-corrected chi connectivity index (χ4v) is 1.85. The minimum absolute atomic E-state index is 0. The second-order valence-electron chi connectivity index (χ2n) is 4.61. The lowest BCUT2D eigenvalue weighted by Crippen LogP contribution is -2.15. The molecule has 0 aromatic heterocycles. The summed E-state index contributed by atoms with van der Waals surface area (Å²) < 4.78 is 0. The van der Waals surface area contributed by atoms with E-state index in [2.05, 4.69) is 24.1 Å². The van der Waals surface area contributed by atoms with E-state index in [1.54, 1.807) is 0 Å². The Morgan fingerprint density at radius 2 is 1.63 bits per heavy atom. The third-order valence-corrected chi connectivity index (χ3v) is 2.93. The van der Waals surface area contributed by atoms with Gasteiger partial charge in [0, 0.05) is 5.56 Å². The van der Waals surface area contributed by atoms with Gasteiger partial charge in [0.15, 0.2) is 0 Å². The number of unbranched alkanes of at least 4 members (excludes halogenated alkanes) is 5. The van der Waals surface area contributed by atoms with Gasteiger partial charge in [0.1, 0.15) is 0 Å². The monoisotopic (exact) mass is 279 g/mol. The molecule has 19 heavy (non-hydrogen) atoms. The van der Waals surface area contributed by atoms with Gasteiger partial charge in [-0.05, 0) is 25.1 Å². The summed E-state index contributed by atoms with van der Waals surface area (Å²) in [7, 11) is 0. The molecular weight excluding hydrogens is 254 g/mol. The predicted molar refractivity (Wildman–Crippen MR) is 86.8 cm³/mol. The van der Waals surface area contributed by atoms with E-state index in [-0.39, 0.29) is 12.4 Å². The van der Waals surface area contributed by atoms with Crippen molar-refractivity contribution < 1.29 is 0 Å². The summed E-state index contributed by atoms with van der Waals surface area (Å²) in [6.45, 7) is 4.15. The Balaban J connectivity index is 0.00000324. The molecule has 106 valence electrons. The Hall–Kier alpha value is -0.970. The molecule has 0 amide bonds. The van der Waals surface area contributed by atoms with Crippen molar-refractivity contribution in [2.24, 2.45) is 0 Å². The second-order valence-corrected chi connectivity index (χ2v) is 4.61. The number of hydrogen-bond donors (Lipinski definition) is 1. The van der Waals surface area contributed by atoms with Crippen LogP contribution in [0.1, 0.15) is 51.0 Å². The van der Waals surface area contributed by atoms with E-state index in [9.17, 15) is 0 Å². The minimum Gasteiger partial charge on any atom is -0.306 e. The van der Waals surface area contributed by atoms with Crippen molar-refractivity contribution in [3.8, 4) is 11.8 Å². The lowest BCUT2D eigenvalue weighted by Gasteiger charge is -2.00. The summed E-state index contributed by atoms with van der Waals surface area (Å²) in [6, 6.07) is 10.1. The van der Waals surface area contributed by atoms with Gasteiger partial charge in [-0.3, -0.25) is 0 Å². The average molecular weight is 280 g/mol. The summed E-state index contributed by atoms with van der Waals surface area (Å²) in [4.78, 5) is 0. The maximum atomic E-state index is 3.37. The molecule has 0 aliphatic heterocycles. The topological polar surface area (TPSA) is 12.0 Å². The summed E-state index contributed by atoms with van der Waals surface area (Å²) in [5.74, 6) is 6.30. The van der Waals surface area contributed by atoms with Crippen LogP contribution in [0.2, 0.25) is 0 Å². The summed E-state index contributed by atoms with van der Waals surface area (Å²) in [5.41, 5.74) is 1.10. The Labute approximate surface area is 124 Å². The smallest absolute Gasteiger partial charge is 0.0580 e. The first-order valence-electron chi connectivity index (χ1n) is 7.18. The van der Waals surface area contributed by atoms with Crippen molar-refractivity contribution in [3.63, 3.8) is 0 Å². The van der Waals surface area contributed by atoms with E-state index in [0.717, 1.165) is 18.7 Å². The molecule has 0 unspecified atom stereocenters. The maximum absolute atomic E-state index is 3.37. The Morgan fingerprint density at radius 3 is 2.37 bits per heavy atom. The lowest BCUT2D eigenvalue weighted by molar-refractivity contribution is 0.586. The molecule has 1 aromatic rings. The first-order chi connectivity index (χ1) is 8.93. The third-order valence-electron chi connectivity index (χ3n) is 2.93. The SMILES string of the molecule is CCCCCCCCNCC#Cc1ccccc1.Cl. The van der Waals surface area contributed by atoms with E-state index in [1.807, 2.05) is 30.3 Å². The van der Waals surface area contributed by atoms with Crippen LogP contribution in [0.25, 0.3) is 0 Å². The number of rotatable bonds is 8. The van der Waals surface area contributed by atoms with Gasteiger partial charge < -0.3 is 5.32 Å². The van der Waals surface area contributed by atoms with Crippen molar-refractivity contribution in [2.75, 3.05) is 13.1 Å². The molecule has 0 aliphatic rings. The van der Waals surface area contributed by atoms with Crippen LogP contribution in [0.4, 0.5) is 0 Å². The fraction of sp³-hybridized carbons (Fsp3) is 0.529. The first-order valence-corrected chi connectivity index (χ1v) is 7.18. The zero-order valence-corrected chi connectivity index (χ0v) is 12.8. The van der Waals surface area contributed by atoms with E-state index in [4.69, 9.17) is 0 Å². The maximum Gasteiger partial charge on any atom is 0.0580 e. The molecule has 0 spiro atoms. The molecule has 1 aromatic carbocycles. The molecule has 0 saturated carbocycles. The molecule has 0 atom stereocenters. The summed E-state index contributed by atoms with van der Waals surface area (Å²) in [6.07, 6.45) is 8.11. The van der Waals surface area contributed by atoms with Gasteiger partial charge in [0.25, 0.3) is 0 Å².